The molecule has 1 fully saturated rings. The molecule has 0 aromatic carbocycles. The number of amides is 1. The van der Waals surface area contributed by atoms with Crippen LogP contribution in [0.5, 0.6) is 0 Å². The Bertz CT molecular complexity index is 156. The molecule has 64 valence electrons. The van der Waals surface area contributed by atoms with Crippen LogP contribution < -0.4 is 0 Å². The molecule has 0 saturated carbocycles. The van der Waals surface area contributed by atoms with Gasteiger partial charge in [0.15, 0.2) is 0 Å². The third-order valence-corrected chi connectivity index (χ3v) is 2.09. The second-order valence-electron chi connectivity index (χ2n) is 3.28. The fourth-order valence-electron chi connectivity index (χ4n) is 1.44. The Hall–Kier alpha value is -0.570. The molecule has 0 aliphatic carbocycles. The number of hydrogen-bond donors (Lipinski definition) is 1. The summed E-state index contributed by atoms with van der Waals surface area (Å²) in [7, 11) is 0. The summed E-state index contributed by atoms with van der Waals surface area (Å²) in [6, 6.07) is 0.317. The van der Waals surface area contributed by atoms with E-state index in [0.29, 0.717) is 19.0 Å². The zero-order valence-electron chi connectivity index (χ0n) is 7.08. The molecule has 3 heteroatoms. The molecule has 2 unspecified atom stereocenters. The average molecular weight is 157 g/mol. The lowest BCUT2D eigenvalue weighted by Crippen LogP contribution is -2.36. The van der Waals surface area contributed by atoms with Gasteiger partial charge in [-0.1, -0.05) is 0 Å². The first-order valence-corrected chi connectivity index (χ1v) is 4.09. The molecule has 0 aromatic heterocycles. The molecule has 0 aromatic rings. The van der Waals surface area contributed by atoms with Gasteiger partial charge < -0.3 is 10.0 Å². The lowest BCUT2D eigenvalue weighted by atomic mass is 10.2. The van der Waals surface area contributed by atoms with Crippen LogP contribution in [0.25, 0.3) is 0 Å². The first-order chi connectivity index (χ1) is 5.11. The van der Waals surface area contributed by atoms with Crippen LogP contribution in [0.2, 0.25) is 0 Å². The Labute approximate surface area is 67.0 Å². The minimum absolute atomic E-state index is 0.179. The molecule has 1 amide bonds. The van der Waals surface area contributed by atoms with Crippen LogP contribution in [0, 0.1) is 0 Å². The van der Waals surface area contributed by atoms with Crippen molar-refractivity contribution in [2.24, 2.45) is 0 Å². The summed E-state index contributed by atoms with van der Waals surface area (Å²) in [5, 5.41) is 9.05. The Kier molecular flexibility index (Phi) is 2.49. The first kappa shape index (κ1) is 8.53. The number of aliphatic hydroxyl groups excluding tert-OH is 1. The van der Waals surface area contributed by atoms with Crippen molar-refractivity contribution in [3.05, 3.63) is 0 Å². The normalized spacial score (nSPS) is 27.7. The minimum Gasteiger partial charge on any atom is -0.392 e. The van der Waals surface area contributed by atoms with Gasteiger partial charge in [0.25, 0.3) is 0 Å². The van der Waals surface area contributed by atoms with Crippen LogP contribution in [0.4, 0.5) is 0 Å². The van der Waals surface area contributed by atoms with Crippen molar-refractivity contribution in [2.75, 3.05) is 6.54 Å². The van der Waals surface area contributed by atoms with Crippen molar-refractivity contribution in [1.29, 1.82) is 0 Å². The number of rotatable bonds is 2. The summed E-state index contributed by atoms with van der Waals surface area (Å²) in [5.74, 6) is 0.179. The van der Waals surface area contributed by atoms with E-state index in [4.69, 9.17) is 5.11 Å². The summed E-state index contributed by atoms with van der Waals surface area (Å²) in [5.41, 5.74) is 0. The maximum Gasteiger partial charge on any atom is 0.222 e. The minimum atomic E-state index is -0.403. The fourth-order valence-corrected chi connectivity index (χ4v) is 1.44. The number of carbonyl (C=O) groups is 1. The van der Waals surface area contributed by atoms with Gasteiger partial charge in [0.1, 0.15) is 0 Å². The van der Waals surface area contributed by atoms with Crippen molar-refractivity contribution >= 4 is 5.91 Å². The summed E-state index contributed by atoms with van der Waals surface area (Å²) >= 11 is 0. The van der Waals surface area contributed by atoms with Gasteiger partial charge in [0.05, 0.1) is 6.10 Å². The summed E-state index contributed by atoms with van der Waals surface area (Å²) in [6.45, 7) is 4.21. The molecule has 0 spiro atoms. The maximum absolute atomic E-state index is 11.1. The Balaban J connectivity index is 2.48. The van der Waals surface area contributed by atoms with Gasteiger partial charge in [-0.15, -0.1) is 0 Å². The van der Waals surface area contributed by atoms with Crippen LogP contribution in [0.3, 0.4) is 0 Å². The smallest absolute Gasteiger partial charge is 0.222 e. The van der Waals surface area contributed by atoms with Crippen molar-refractivity contribution in [2.45, 2.75) is 38.8 Å². The van der Waals surface area contributed by atoms with E-state index in [-0.39, 0.29) is 5.91 Å². The van der Waals surface area contributed by atoms with Crippen LogP contribution in [0.1, 0.15) is 26.7 Å². The van der Waals surface area contributed by atoms with Crippen molar-refractivity contribution in [3.8, 4) is 0 Å². The third kappa shape index (κ3) is 1.93. The van der Waals surface area contributed by atoms with Gasteiger partial charge in [-0.25, -0.2) is 0 Å². The molecule has 0 radical (unpaired) electrons. The molecular formula is C8H15NO2. The fraction of sp³-hybridized carbons (Fsp3) is 0.875. The summed E-state index contributed by atoms with van der Waals surface area (Å²) in [4.78, 5) is 12.9. The van der Waals surface area contributed by atoms with E-state index in [0.717, 1.165) is 6.42 Å². The molecule has 11 heavy (non-hydrogen) atoms. The number of β-amino-alcohol motifs (C(OH)–C–C–N with tert-alkyl or cyclic N) is 1. The Morgan fingerprint density at radius 2 is 2.45 bits per heavy atom. The van der Waals surface area contributed by atoms with E-state index in [2.05, 4.69) is 0 Å². The standard InChI is InChI=1S/C8H15NO2/c1-6-3-4-8(11)9(6)5-7(2)10/h6-7,10H,3-5H2,1-2H3. The van der Waals surface area contributed by atoms with Crippen LogP contribution in [-0.4, -0.2) is 34.6 Å². The number of hydrogen-bond acceptors (Lipinski definition) is 2. The van der Waals surface area contributed by atoms with E-state index in [9.17, 15) is 4.79 Å². The lowest BCUT2D eigenvalue weighted by molar-refractivity contribution is -0.129. The highest BCUT2D eigenvalue weighted by Crippen LogP contribution is 2.17. The molecule has 3 nitrogen and oxygen atoms in total. The topological polar surface area (TPSA) is 40.5 Å². The second kappa shape index (κ2) is 3.22. The van der Waals surface area contributed by atoms with E-state index in [1.807, 2.05) is 6.92 Å². The zero-order chi connectivity index (χ0) is 8.43. The van der Waals surface area contributed by atoms with Gasteiger partial charge in [0.2, 0.25) is 5.91 Å². The highest BCUT2D eigenvalue weighted by molar-refractivity contribution is 5.78. The Morgan fingerprint density at radius 3 is 2.82 bits per heavy atom. The highest BCUT2D eigenvalue weighted by Gasteiger charge is 2.27. The van der Waals surface area contributed by atoms with E-state index >= 15 is 0 Å². The van der Waals surface area contributed by atoms with Gasteiger partial charge >= 0.3 is 0 Å². The predicted molar refractivity (Wildman–Crippen MR) is 42.1 cm³/mol. The first-order valence-electron chi connectivity index (χ1n) is 4.09. The van der Waals surface area contributed by atoms with Gasteiger partial charge in [-0.05, 0) is 20.3 Å². The van der Waals surface area contributed by atoms with Gasteiger partial charge in [0, 0.05) is 19.0 Å². The largest absolute Gasteiger partial charge is 0.392 e. The molecular weight excluding hydrogens is 142 g/mol. The Morgan fingerprint density at radius 1 is 1.82 bits per heavy atom. The zero-order valence-corrected chi connectivity index (χ0v) is 7.08. The predicted octanol–water partition coefficient (Wildman–Crippen LogP) is 0.378. The molecule has 1 aliphatic heterocycles. The van der Waals surface area contributed by atoms with Crippen LogP contribution >= 0.6 is 0 Å². The van der Waals surface area contributed by atoms with Gasteiger partial charge in [-0.3, -0.25) is 4.79 Å². The van der Waals surface area contributed by atoms with E-state index in [1.54, 1.807) is 11.8 Å². The molecule has 1 saturated heterocycles. The molecule has 1 heterocycles. The summed E-state index contributed by atoms with van der Waals surface area (Å²) < 4.78 is 0. The molecule has 2 atom stereocenters. The second-order valence-corrected chi connectivity index (χ2v) is 3.28. The number of nitrogens with zero attached hydrogens (tertiary/aromatic N) is 1. The summed E-state index contributed by atoms with van der Waals surface area (Å²) in [6.07, 6.45) is 1.18. The third-order valence-electron chi connectivity index (χ3n) is 2.09. The number of likely N-dealkylation sites (tertiary alicyclic amines) is 1. The molecule has 0 bridgehead atoms. The van der Waals surface area contributed by atoms with Gasteiger partial charge in [-0.2, -0.15) is 0 Å². The average Bonchev–Trinajstić information content (AvgIpc) is 2.18. The molecule has 1 N–H and O–H groups in total. The van der Waals surface area contributed by atoms with Crippen molar-refractivity contribution in [3.63, 3.8) is 0 Å². The van der Waals surface area contributed by atoms with E-state index < -0.39 is 6.10 Å². The van der Waals surface area contributed by atoms with Crippen LogP contribution in [0.15, 0.2) is 0 Å². The number of aliphatic hydroxyl groups is 1. The highest BCUT2D eigenvalue weighted by atomic mass is 16.3. The number of carbonyl (C=O) groups excluding carboxylic acids is 1. The molecule has 1 rings (SSSR count). The lowest BCUT2D eigenvalue weighted by Gasteiger charge is -2.22. The monoisotopic (exact) mass is 157 g/mol. The van der Waals surface area contributed by atoms with Crippen molar-refractivity contribution < 1.29 is 9.90 Å². The SMILES string of the molecule is CC(O)CN1C(=O)CCC1C. The quantitative estimate of drug-likeness (QED) is 0.629. The van der Waals surface area contributed by atoms with Crippen molar-refractivity contribution in [1.82, 2.24) is 4.90 Å². The van der Waals surface area contributed by atoms with Crippen LogP contribution in [-0.2, 0) is 4.79 Å². The van der Waals surface area contributed by atoms with E-state index in [1.165, 1.54) is 0 Å². The maximum atomic E-state index is 11.1. The molecule has 1 aliphatic rings.